The number of carbonyl (C=O) groups is 1. The Hall–Kier alpha value is -4.28. The van der Waals surface area contributed by atoms with Gasteiger partial charge in [-0.05, 0) is 24.1 Å². The summed E-state index contributed by atoms with van der Waals surface area (Å²) in [6, 6.07) is 16.0. The normalized spacial score (nSPS) is 17.7. The van der Waals surface area contributed by atoms with E-state index < -0.39 is 5.97 Å². The lowest BCUT2D eigenvalue weighted by Gasteiger charge is -2.31. The van der Waals surface area contributed by atoms with Crippen molar-refractivity contribution >= 4 is 28.5 Å². The SMILES string of the molecule is CO[C@@H]1COCC[C@@H]1n1cc(-c2cc(N(C)Cc3ccccc3)n3ncc(C(=O)O)c3n2)c2cccnc21. The quantitative estimate of drug-likeness (QED) is 0.348. The van der Waals surface area contributed by atoms with Gasteiger partial charge in [-0.25, -0.2) is 14.8 Å². The molecule has 5 aromatic rings. The summed E-state index contributed by atoms with van der Waals surface area (Å²) in [6.07, 6.45) is 5.87. The van der Waals surface area contributed by atoms with Crippen molar-refractivity contribution in [3.63, 3.8) is 0 Å². The van der Waals surface area contributed by atoms with Crippen LogP contribution >= 0.6 is 0 Å². The fourth-order valence-electron chi connectivity index (χ4n) is 5.23. The molecule has 0 saturated carbocycles. The average Bonchev–Trinajstić information content (AvgIpc) is 3.55. The van der Waals surface area contributed by atoms with Gasteiger partial charge >= 0.3 is 5.97 Å². The zero-order valence-electron chi connectivity index (χ0n) is 21.2. The molecule has 1 aliphatic heterocycles. The van der Waals surface area contributed by atoms with Crippen molar-refractivity contribution in [1.82, 2.24) is 24.1 Å². The van der Waals surface area contributed by atoms with E-state index >= 15 is 0 Å². The first-order valence-corrected chi connectivity index (χ1v) is 12.5. The van der Waals surface area contributed by atoms with Gasteiger partial charge in [-0.3, -0.25) is 0 Å². The number of aromatic nitrogens is 5. The van der Waals surface area contributed by atoms with Gasteiger partial charge in [0.1, 0.15) is 23.1 Å². The van der Waals surface area contributed by atoms with E-state index in [2.05, 4.69) is 28.0 Å². The predicted octanol–water partition coefficient (Wildman–Crippen LogP) is 4.06. The van der Waals surface area contributed by atoms with E-state index in [9.17, 15) is 9.90 Å². The number of methoxy groups -OCH3 is 1. The van der Waals surface area contributed by atoms with Gasteiger partial charge in [0.2, 0.25) is 0 Å². The van der Waals surface area contributed by atoms with Crippen molar-refractivity contribution < 1.29 is 19.4 Å². The largest absolute Gasteiger partial charge is 0.477 e. The lowest BCUT2D eigenvalue weighted by molar-refractivity contribution is -0.0592. The van der Waals surface area contributed by atoms with E-state index in [1.165, 1.54) is 6.20 Å². The number of rotatable bonds is 7. The molecule has 1 fully saturated rings. The smallest absolute Gasteiger partial charge is 0.341 e. The topological polar surface area (TPSA) is 107 Å². The number of hydrogen-bond donors (Lipinski definition) is 1. The van der Waals surface area contributed by atoms with E-state index in [4.69, 9.17) is 19.4 Å². The first kappa shape index (κ1) is 24.1. The van der Waals surface area contributed by atoms with Crippen LogP contribution in [0.3, 0.4) is 0 Å². The molecule has 2 atom stereocenters. The Labute approximate surface area is 219 Å². The first-order valence-electron chi connectivity index (χ1n) is 12.5. The van der Waals surface area contributed by atoms with Crippen LogP contribution in [0.2, 0.25) is 0 Å². The molecular weight excluding hydrogens is 484 g/mol. The van der Waals surface area contributed by atoms with Crippen LogP contribution < -0.4 is 4.90 Å². The Morgan fingerprint density at radius 3 is 2.84 bits per heavy atom. The van der Waals surface area contributed by atoms with Gasteiger partial charge in [0.25, 0.3) is 0 Å². The van der Waals surface area contributed by atoms with Gasteiger partial charge in [-0.15, -0.1) is 0 Å². The molecule has 1 aromatic carbocycles. The minimum atomic E-state index is -1.07. The molecule has 194 valence electrons. The van der Waals surface area contributed by atoms with E-state index in [1.807, 2.05) is 48.3 Å². The maximum Gasteiger partial charge on any atom is 0.341 e. The Morgan fingerprint density at radius 1 is 1.21 bits per heavy atom. The molecule has 1 aliphatic rings. The van der Waals surface area contributed by atoms with Crippen LogP contribution in [0.1, 0.15) is 28.4 Å². The molecule has 38 heavy (non-hydrogen) atoms. The molecule has 0 unspecified atom stereocenters. The first-order chi connectivity index (χ1) is 18.5. The van der Waals surface area contributed by atoms with Gasteiger partial charge in [0.05, 0.1) is 24.5 Å². The number of carboxylic acid groups (broad SMARTS) is 1. The maximum atomic E-state index is 12.0. The summed E-state index contributed by atoms with van der Waals surface area (Å²) in [5.74, 6) is -0.345. The highest BCUT2D eigenvalue weighted by molar-refractivity contribution is 5.97. The molecule has 0 bridgehead atoms. The van der Waals surface area contributed by atoms with Crippen molar-refractivity contribution in [2.75, 3.05) is 32.3 Å². The van der Waals surface area contributed by atoms with E-state index in [0.29, 0.717) is 25.5 Å². The van der Waals surface area contributed by atoms with Crippen LogP contribution in [-0.4, -0.2) is 68.7 Å². The minimum Gasteiger partial charge on any atom is -0.477 e. The standard InChI is InChI=1S/C28H28N6O4/c1-32(15-18-7-4-3-5-8-18)25-13-22(31-27-20(28(35)36)14-30-34(25)27)21-16-33(26-19(21)9-6-11-29-26)23-10-12-38-17-24(23)37-2/h3-9,11,13-14,16,23-24H,10,12,15,17H2,1-2H3,(H,35,36)/t23-,24+/m0/s1. The third-order valence-electron chi connectivity index (χ3n) is 7.13. The fourth-order valence-corrected chi connectivity index (χ4v) is 5.23. The minimum absolute atomic E-state index is 0.0481. The lowest BCUT2D eigenvalue weighted by Crippen LogP contribution is -2.35. The van der Waals surface area contributed by atoms with Crippen molar-refractivity contribution in [2.24, 2.45) is 0 Å². The average molecular weight is 513 g/mol. The molecule has 6 rings (SSSR count). The third-order valence-corrected chi connectivity index (χ3v) is 7.13. The Balaban J connectivity index is 1.53. The van der Waals surface area contributed by atoms with E-state index in [0.717, 1.165) is 34.4 Å². The van der Waals surface area contributed by atoms with Gasteiger partial charge < -0.3 is 24.0 Å². The number of anilines is 1. The van der Waals surface area contributed by atoms with Crippen molar-refractivity contribution in [3.8, 4) is 11.3 Å². The number of hydrogen-bond acceptors (Lipinski definition) is 7. The van der Waals surface area contributed by atoms with Crippen LogP contribution in [0.4, 0.5) is 5.82 Å². The molecule has 1 N–H and O–H groups in total. The molecule has 0 aliphatic carbocycles. The molecule has 10 heteroatoms. The number of aromatic carboxylic acids is 1. The van der Waals surface area contributed by atoms with Crippen LogP contribution in [0.5, 0.6) is 0 Å². The molecule has 1 saturated heterocycles. The zero-order valence-corrected chi connectivity index (χ0v) is 21.2. The molecule has 0 amide bonds. The molecule has 5 heterocycles. The molecule has 10 nitrogen and oxygen atoms in total. The summed E-state index contributed by atoms with van der Waals surface area (Å²) in [6.45, 7) is 1.77. The van der Waals surface area contributed by atoms with Gasteiger partial charge in [0, 0.05) is 56.7 Å². The number of pyridine rings is 1. The predicted molar refractivity (Wildman–Crippen MR) is 142 cm³/mol. The number of nitrogens with zero attached hydrogens (tertiary/aromatic N) is 6. The van der Waals surface area contributed by atoms with Gasteiger partial charge in [0.15, 0.2) is 5.65 Å². The Morgan fingerprint density at radius 2 is 2.05 bits per heavy atom. The van der Waals surface area contributed by atoms with Gasteiger partial charge in [-0.1, -0.05) is 30.3 Å². The summed E-state index contributed by atoms with van der Waals surface area (Å²) in [5.41, 5.74) is 3.79. The second kappa shape index (κ2) is 9.88. The summed E-state index contributed by atoms with van der Waals surface area (Å²) >= 11 is 0. The van der Waals surface area contributed by atoms with Gasteiger partial charge in [-0.2, -0.15) is 9.61 Å². The number of benzene rings is 1. The van der Waals surface area contributed by atoms with Crippen molar-refractivity contribution in [3.05, 3.63) is 78.2 Å². The number of carboxylic acids is 1. The molecule has 0 radical (unpaired) electrons. The highest BCUT2D eigenvalue weighted by Crippen LogP contribution is 2.36. The Bertz CT molecular complexity index is 1610. The van der Waals surface area contributed by atoms with Crippen molar-refractivity contribution in [2.45, 2.75) is 25.1 Å². The number of ether oxygens (including phenoxy) is 2. The second-order valence-corrected chi connectivity index (χ2v) is 9.47. The summed E-state index contributed by atoms with van der Waals surface area (Å²) in [5, 5.41) is 15.2. The molecule has 4 aromatic heterocycles. The summed E-state index contributed by atoms with van der Waals surface area (Å²) in [4.78, 5) is 23.6. The van der Waals surface area contributed by atoms with Crippen LogP contribution in [0.15, 0.2) is 67.1 Å². The van der Waals surface area contributed by atoms with E-state index in [-0.39, 0.29) is 23.4 Å². The fraction of sp³-hybridized carbons (Fsp3) is 0.286. The van der Waals surface area contributed by atoms with Crippen LogP contribution in [0, 0.1) is 0 Å². The third kappa shape index (κ3) is 4.17. The van der Waals surface area contributed by atoms with Crippen LogP contribution in [-0.2, 0) is 16.0 Å². The highest BCUT2D eigenvalue weighted by atomic mass is 16.5. The molecule has 0 spiro atoms. The summed E-state index contributed by atoms with van der Waals surface area (Å²) < 4.78 is 15.1. The lowest BCUT2D eigenvalue weighted by atomic mass is 10.1. The van der Waals surface area contributed by atoms with Crippen molar-refractivity contribution in [1.29, 1.82) is 0 Å². The maximum absolute atomic E-state index is 12.0. The summed E-state index contributed by atoms with van der Waals surface area (Å²) in [7, 11) is 3.66. The van der Waals surface area contributed by atoms with Crippen LogP contribution in [0.25, 0.3) is 27.9 Å². The second-order valence-electron chi connectivity index (χ2n) is 9.47. The van der Waals surface area contributed by atoms with E-state index in [1.54, 1.807) is 17.8 Å². The highest BCUT2D eigenvalue weighted by Gasteiger charge is 2.30. The Kier molecular flexibility index (Phi) is 6.26. The number of fused-ring (bicyclic) bond motifs is 2. The monoisotopic (exact) mass is 512 g/mol. The zero-order chi connectivity index (χ0) is 26.2. The molecular formula is C28H28N6O4.